The number of fused-ring (bicyclic) bond motifs is 6. The maximum Gasteiger partial charge on any atom is 0.0629 e. The second-order valence-electron chi connectivity index (χ2n) is 14.9. The highest BCUT2D eigenvalue weighted by Crippen LogP contribution is 2.49. The molecule has 1 aliphatic carbocycles. The summed E-state index contributed by atoms with van der Waals surface area (Å²) in [4.78, 5) is 4.92. The van der Waals surface area contributed by atoms with Gasteiger partial charge in [0, 0.05) is 54.5 Å². The number of anilines is 5. The molecule has 2 heterocycles. The average Bonchev–Trinajstić information content (AvgIpc) is 3.83. The lowest BCUT2D eigenvalue weighted by atomic mass is 9.91. The van der Waals surface area contributed by atoms with Crippen molar-refractivity contribution in [3.8, 4) is 33.4 Å². The predicted molar refractivity (Wildman–Crippen MR) is 244 cm³/mol. The molecule has 2 nitrogen and oxygen atoms in total. The summed E-state index contributed by atoms with van der Waals surface area (Å²) in [6, 6.07) is 71.3. The molecular weight excluding hydrogens is 709 g/mol. The molecule has 0 N–H and O–H groups in total. The van der Waals surface area contributed by atoms with E-state index in [1.807, 2.05) is 11.3 Å². The van der Waals surface area contributed by atoms with Gasteiger partial charge in [-0.2, -0.15) is 0 Å². The summed E-state index contributed by atoms with van der Waals surface area (Å²) in [6.45, 7) is 0. The number of rotatable bonds is 7. The van der Waals surface area contributed by atoms with Crippen LogP contribution in [0, 0.1) is 0 Å². The van der Waals surface area contributed by atoms with Crippen LogP contribution in [0.25, 0.3) is 53.6 Å². The minimum Gasteiger partial charge on any atom is -0.333 e. The van der Waals surface area contributed by atoms with Gasteiger partial charge in [0.1, 0.15) is 0 Å². The molecule has 0 fully saturated rings. The Morgan fingerprint density at radius 2 is 1.02 bits per heavy atom. The second-order valence-corrected chi connectivity index (χ2v) is 16.0. The molecule has 3 heteroatoms. The van der Waals surface area contributed by atoms with Gasteiger partial charge in [0.25, 0.3) is 0 Å². The molecule has 0 amide bonds. The Morgan fingerprint density at radius 3 is 1.81 bits per heavy atom. The SMILES string of the molecule is C1=CC2c3ccccc3N(c3ccc(-c4ccccc4)c(-c4ccc(N(c5ccc(-c6ccccc6)cc5)c5ccc6sc7ccccc7c6c5)cc4)c3)C2C=C1. The van der Waals surface area contributed by atoms with Gasteiger partial charge in [-0.05, 0) is 106 Å². The van der Waals surface area contributed by atoms with Crippen LogP contribution in [0.1, 0.15) is 11.5 Å². The summed E-state index contributed by atoms with van der Waals surface area (Å²) in [6.07, 6.45) is 9.08. The standard InChI is InChI=1S/C54H38N2S/c1-3-13-37(14-4-1)38-23-27-41(28-24-38)55(43-32-34-54-50(36-43)48-19-9-12-22-53(48)57-54)42-29-25-40(26-30-42)49-35-44(31-33-45(49)39-15-5-2-6-16-39)56-51-20-10-7-17-46(51)47-18-8-11-21-52(47)56/h1-36,46,51H. The molecule has 0 radical (unpaired) electrons. The second kappa shape index (κ2) is 14.0. The predicted octanol–water partition coefficient (Wildman–Crippen LogP) is 15.3. The third-order valence-electron chi connectivity index (χ3n) is 11.6. The number of hydrogen-bond donors (Lipinski definition) is 0. The van der Waals surface area contributed by atoms with E-state index in [1.165, 1.54) is 70.5 Å². The van der Waals surface area contributed by atoms with Gasteiger partial charge in [-0.15, -0.1) is 11.3 Å². The lowest BCUT2D eigenvalue weighted by Gasteiger charge is -2.29. The maximum atomic E-state index is 2.53. The van der Waals surface area contributed by atoms with E-state index in [4.69, 9.17) is 0 Å². The fourth-order valence-corrected chi connectivity index (χ4v) is 9.99. The van der Waals surface area contributed by atoms with Crippen molar-refractivity contribution in [2.75, 3.05) is 9.80 Å². The quantitative estimate of drug-likeness (QED) is 0.160. The van der Waals surface area contributed by atoms with Crippen LogP contribution in [0.3, 0.4) is 0 Å². The fraction of sp³-hybridized carbons (Fsp3) is 0.0370. The van der Waals surface area contributed by atoms with E-state index in [0.29, 0.717) is 5.92 Å². The first-order valence-electron chi connectivity index (χ1n) is 19.7. The van der Waals surface area contributed by atoms with Crippen LogP contribution in [0.4, 0.5) is 28.4 Å². The largest absolute Gasteiger partial charge is 0.333 e. The normalized spacial score (nSPS) is 15.5. The zero-order valence-corrected chi connectivity index (χ0v) is 32.1. The summed E-state index contributed by atoms with van der Waals surface area (Å²) >= 11 is 1.86. The van der Waals surface area contributed by atoms with E-state index in [2.05, 4.69) is 228 Å². The van der Waals surface area contributed by atoms with Crippen LogP contribution in [0.2, 0.25) is 0 Å². The highest BCUT2D eigenvalue weighted by atomic mass is 32.1. The summed E-state index contributed by atoms with van der Waals surface area (Å²) in [7, 11) is 0. The summed E-state index contributed by atoms with van der Waals surface area (Å²) in [5.41, 5.74) is 14.5. The zero-order chi connectivity index (χ0) is 37.7. The molecule has 0 bridgehead atoms. The maximum absolute atomic E-state index is 2.53. The highest BCUT2D eigenvalue weighted by molar-refractivity contribution is 7.25. The number of thiophene rings is 1. The lowest BCUT2D eigenvalue weighted by Crippen LogP contribution is -2.28. The van der Waals surface area contributed by atoms with E-state index < -0.39 is 0 Å². The molecule has 0 spiro atoms. The van der Waals surface area contributed by atoms with Crippen molar-refractivity contribution in [2.45, 2.75) is 12.0 Å². The van der Waals surface area contributed by atoms with Gasteiger partial charge < -0.3 is 9.80 Å². The molecule has 1 aliphatic heterocycles. The monoisotopic (exact) mass is 746 g/mol. The van der Waals surface area contributed by atoms with E-state index in [0.717, 1.165) is 17.1 Å². The number of nitrogens with zero attached hydrogens (tertiary/aromatic N) is 2. The van der Waals surface area contributed by atoms with Gasteiger partial charge in [0.2, 0.25) is 0 Å². The van der Waals surface area contributed by atoms with Crippen molar-refractivity contribution in [1.82, 2.24) is 0 Å². The Labute approximate surface area is 337 Å². The molecule has 57 heavy (non-hydrogen) atoms. The summed E-state index contributed by atoms with van der Waals surface area (Å²) < 4.78 is 2.61. The lowest BCUT2D eigenvalue weighted by molar-refractivity contribution is 0.745. The minimum atomic E-state index is 0.240. The molecule has 2 atom stereocenters. The Balaban J connectivity index is 1.03. The van der Waals surface area contributed by atoms with Gasteiger partial charge >= 0.3 is 0 Å². The van der Waals surface area contributed by atoms with Gasteiger partial charge in [-0.3, -0.25) is 0 Å². The van der Waals surface area contributed by atoms with Gasteiger partial charge in [-0.1, -0.05) is 152 Å². The van der Waals surface area contributed by atoms with Gasteiger partial charge in [-0.25, -0.2) is 0 Å². The minimum absolute atomic E-state index is 0.240. The molecule has 0 saturated carbocycles. The Kier molecular flexibility index (Phi) is 8.19. The molecule has 11 rings (SSSR count). The van der Waals surface area contributed by atoms with E-state index in [1.54, 1.807) is 0 Å². The van der Waals surface area contributed by atoms with E-state index in [-0.39, 0.29) is 6.04 Å². The molecule has 2 aliphatic rings. The molecule has 1 aromatic heterocycles. The smallest absolute Gasteiger partial charge is 0.0629 e. The Morgan fingerprint density at radius 1 is 0.421 bits per heavy atom. The Hall–Kier alpha value is -6.94. The molecular formula is C54H38N2S. The molecule has 270 valence electrons. The van der Waals surface area contributed by atoms with Crippen LogP contribution < -0.4 is 9.80 Å². The first kappa shape index (κ1) is 33.4. The first-order valence-corrected chi connectivity index (χ1v) is 20.5. The van der Waals surface area contributed by atoms with Gasteiger partial charge in [0.05, 0.1) is 6.04 Å². The zero-order valence-electron chi connectivity index (χ0n) is 31.2. The summed E-state index contributed by atoms with van der Waals surface area (Å²) in [5, 5.41) is 2.59. The van der Waals surface area contributed by atoms with Crippen molar-refractivity contribution in [2.24, 2.45) is 0 Å². The van der Waals surface area contributed by atoms with Crippen LogP contribution >= 0.6 is 11.3 Å². The number of allylic oxidation sites excluding steroid dienone is 2. The summed E-state index contributed by atoms with van der Waals surface area (Å²) in [5.74, 6) is 0.335. The fourth-order valence-electron chi connectivity index (χ4n) is 8.90. The van der Waals surface area contributed by atoms with Crippen LogP contribution in [-0.2, 0) is 0 Å². The van der Waals surface area contributed by atoms with Crippen molar-refractivity contribution >= 4 is 59.9 Å². The van der Waals surface area contributed by atoms with Crippen molar-refractivity contribution in [3.63, 3.8) is 0 Å². The van der Waals surface area contributed by atoms with Gasteiger partial charge in [0.15, 0.2) is 0 Å². The van der Waals surface area contributed by atoms with Crippen LogP contribution in [-0.4, -0.2) is 6.04 Å². The van der Waals surface area contributed by atoms with Crippen molar-refractivity contribution in [3.05, 3.63) is 224 Å². The molecule has 2 unspecified atom stereocenters. The number of benzene rings is 8. The Bertz CT molecular complexity index is 2960. The highest BCUT2D eigenvalue weighted by Gasteiger charge is 2.37. The molecule has 8 aromatic carbocycles. The number of para-hydroxylation sites is 1. The van der Waals surface area contributed by atoms with Crippen LogP contribution in [0.15, 0.2) is 218 Å². The van der Waals surface area contributed by atoms with Crippen LogP contribution in [0.5, 0.6) is 0 Å². The van der Waals surface area contributed by atoms with E-state index in [9.17, 15) is 0 Å². The average molecular weight is 747 g/mol. The third kappa shape index (κ3) is 5.87. The van der Waals surface area contributed by atoms with Crippen molar-refractivity contribution in [1.29, 1.82) is 0 Å². The topological polar surface area (TPSA) is 6.48 Å². The first-order chi connectivity index (χ1) is 28.3. The molecule has 9 aromatic rings. The number of hydrogen-bond acceptors (Lipinski definition) is 3. The third-order valence-corrected chi connectivity index (χ3v) is 12.8. The van der Waals surface area contributed by atoms with Crippen molar-refractivity contribution < 1.29 is 0 Å². The van der Waals surface area contributed by atoms with E-state index >= 15 is 0 Å². The molecule has 0 saturated heterocycles.